The van der Waals surface area contributed by atoms with E-state index in [-0.39, 0.29) is 11.7 Å². The highest BCUT2D eigenvalue weighted by molar-refractivity contribution is 7.99. The van der Waals surface area contributed by atoms with Gasteiger partial charge in [-0.1, -0.05) is 11.8 Å². The number of aromatic nitrogens is 3. The SMILES string of the molecule is CCn1c(SCC(C#N)(NC(C)C)C2CC2)n[nH]c1=O. The van der Waals surface area contributed by atoms with Crippen molar-refractivity contribution in [2.75, 3.05) is 5.75 Å². The molecular formula is C13H21N5OS. The average molecular weight is 295 g/mol. The number of nitrogens with zero attached hydrogens (tertiary/aromatic N) is 3. The average Bonchev–Trinajstić information content (AvgIpc) is 3.19. The maximum Gasteiger partial charge on any atom is 0.343 e. The Kier molecular flexibility index (Phi) is 4.55. The summed E-state index contributed by atoms with van der Waals surface area (Å²) in [7, 11) is 0. The van der Waals surface area contributed by atoms with Gasteiger partial charge in [0.2, 0.25) is 0 Å². The first-order valence-electron chi connectivity index (χ1n) is 6.99. The number of nitrogens with one attached hydrogen (secondary N) is 2. The van der Waals surface area contributed by atoms with E-state index >= 15 is 0 Å². The molecule has 7 heteroatoms. The van der Waals surface area contributed by atoms with Crippen molar-refractivity contribution in [1.29, 1.82) is 5.26 Å². The van der Waals surface area contributed by atoms with Crippen LogP contribution in [-0.4, -0.2) is 32.1 Å². The molecule has 0 amide bonds. The fourth-order valence-corrected chi connectivity index (χ4v) is 3.61. The number of rotatable bonds is 7. The van der Waals surface area contributed by atoms with Crippen LogP contribution in [0.5, 0.6) is 0 Å². The van der Waals surface area contributed by atoms with E-state index in [0.717, 1.165) is 12.8 Å². The van der Waals surface area contributed by atoms with Crippen LogP contribution in [0.15, 0.2) is 9.95 Å². The Hall–Kier alpha value is -1.26. The second-order valence-corrected chi connectivity index (χ2v) is 6.44. The predicted molar refractivity (Wildman–Crippen MR) is 78.6 cm³/mol. The first-order chi connectivity index (χ1) is 9.52. The molecule has 0 spiro atoms. The van der Waals surface area contributed by atoms with Crippen LogP contribution in [0, 0.1) is 17.2 Å². The van der Waals surface area contributed by atoms with Gasteiger partial charge >= 0.3 is 5.69 Å². The van der Waals surface area contributed by atoms with Crippen molar-refractivity contribution < 1.29 is 0 Å². The van der Waals surface area contributed by atoms with Gasteiger partial charge in [0.05, 0.1) is 6.07 Å². The van der Waals surface area contributed by atoms with E-state index in [9.17, 15) is 10.1 Å². The van der Waals surface area contributed by atoms with Gasteiger partial charge < -0.3 is 0 Å². The van der Waals surface area contributed by atoms with Gasteiger partial charge in [-0.15, -0.1) is 5.10 Å². The van der Waals surface area contributed by atoms with E-state index in [0.29, 0.717) is 23.4 Å². The summed E-state index contributed by atoms with van der Waals surface area (Å²) < 4.78 is 1.59. The number of nitriles is 1. The van der Waals surface area contributed by atoms with Crippen molar-refractivity contribution in [3.63, 3.8) is 0 Å². The van der Waals surface area contributed by atoms with E-state index in [1.54, 1.807) is 4.57 Å². The molecule has 110 valence electrons. The van der Waals surface area contributed by atoms with Gasteiger partial charge in [-0.3, -0.25) is 9.88 Å². The Bertz CT molecular complexity index is 554. The molecule has 2 N–H and O–H groups in total. The van der Waals surface area contributed by atoms with Gasteiger partial charge in [-0.05, 0) is 39.5 Å². The molecule has 1 aliphatic carbocycles. The van der Waals surface area contributed by atoms with Gasteiger partial charge in [0.15, 0.2) is 5.16 Å². The normalized spacial score (nSPS) is 17.9. The van der Waals surface area contributed by atoms with Crippen LogP contribution in [0.25, 0.3) is 0 Å². The van der Waals surface area contributed by atoms with Crippen LogP contribution in [0.4, 0.5) is 0 Å². The highest BCUT2D eigenvalue weighted by Gasteiger charge is 2.46. The molecule has 0 aliphatic heterocycles. The summed E-state index contributed by atoms with van der Waals surface area (Å²) in [6.07, 6.45) is 2.18. The Morgan fingerprint density at radius 2 is 2.35 bits per heavy atom. The lowest BCUT2D eigenvalue weighted by molar-refractivity contribution is 0.370. The molecule has 1 aromatic rings. The predicted octanol–water partition coefficient (Wildman–Crippen LogP) is 1.35. The first kappa shape index (κ1) is 15.1. The minimum absolute atomic E-state index is 0.194. The lowest BCUT2D eigenvalue weighted by Crippen LogP contribution is -2.51. The Morgan fingerprint density at radius 3 is 2.85 bits per heavy atom. The third-order valence-electron chi connectivity index (χ3n) is 3.49. The van der Waals surface area contributed by atoms with Crippen LogP contribution < -0.4 is 11.0 Å². The second-order valence-electron chi connectivity index (χ2n) is 5.50. The van der Waals surface area contributed by atoms with Crippen LogP contribution in [0.3, 0.4) is 0 Å². The number of hydrogen-bond donors (Lipinski definition) is 2. The summed E-state index contributed by atoms with van der Waals surface area (Å²) in [5.41, 5.74) is -0.715. The van der Waals surface area contributed by atoms with Crippen molar-refractivity contribution in [1.82, 2.24) is 20.1 Å². The van der Waals surface area contributed by atoms with E-state index < -0.39 is 5.54 Å². The number of hydrogen-bond acceptors (Lipinski definition) is 5. The van der Waals surface area contributed by atoms with Crippen molar-refractivity contribution in [3.05, 3.63) is 10.5 Å². The zero-order valence-electron chi connectivity index (χ0n) is 12.1. The molecule has 1 aromatic heterocycles. The number of aromatic amines is 1. The molecule has 0 aromatic carbocycles. The molecule has 0 saturated heterocycles. The van der Waals surface area contributed by atoms with Crippen molar-refractivity contribution in [2.45, 2.75) is 56.9 Å². The molecule has 1 fully saturated rings. The van der Waals surface area contributed by atoms with Gasteiger partial charge in [0, 0.05) is 18.3 Å². The first-order valence-corrected chi connectivity index (χ1v) is 7.98. The molecular weight excluding hydrogens is 274 g/mol. The standard InChI is InChI=1S/C13H21N5OS/c1-4-18-11(19)16-17-12(18)20-8-13(7-14,10-5-6-10)15-9(2)3/h9-10,15H,4-6,8H2,1-3H3,(H,16,19). The van der Waals surface area contributed by atoms with Gasteiger partial charge in [0.25, 0.3) is 0 Å². The number of thioether (sulfide) groups is 1. The summed E-state index contributed by atoms with van der Waals surface area (Å²) in [5, 5.41) is 20.2. The summed E-state index contributed by atoms with van der Waals surface area (Å²) in [6.45, 7) is 6.59. The Labute approximate surface area is 122 Å². The maximum atomic E-state index is 11.5. The van der Waals surface area contributed by atoms with Crippen LogP contribution in [0.2, 0.25) is 0 Å². The molecule has 1 heterocycles. The van der Waals surface area contributed by atoms with Gasteiger partial charge in [-0.2, -0.15) is 5.26 Å². The lowest BCUT2D eigenvalue weighted by atomic mass is 9.96. The summed E-state index contributed by atoms with van der Waals surface area (Å²) >= 11 is 1.47. The van der Waals surface area contributed by atoms with E-state index in [4.69, 9.17) is 0 Å². The van der Waals surface area contributed by atoms with Crippen LogP contribution >= 0.6 is 11.8 Å². The van der Waals surface area contributed by atoms with Crippen molar-refractivity contribution in [2.24, 2.45) is 5.92 Å². The summed E-state index contributed by atoms with van der Waals surface area (Å²) in [4.78, 5) is 11.5. The van der Waals surface area contributed by atoms with Gasteiger partial charge in [-0.25, -0.2) is 9.89 Å². The maximum absolute atomic E-state index is 11.5. The zero-order valence-corrected chi connectivity index (χ0v) is 13.0. The van der Waals surface area contributed by atoms with E-state index in [1.165, 1.54) is 11.8 Å². The smallest absolute Gasteiger partial charge is 0.296 e. The van der Waals surface area contributed by atoms with Gasteiger partial charge in [0.1, 0.15) is 5.54 Å². The summed E-state index contributed by atoms with van der Waals surface area (Å²) in [6, 6.07) is 2.72. The minimum Gasteiger partial charge on any atom is -0.296 e. The second kappa shape index (κ2) is 6.02. The Balaban J connectivity index is 2.13. The largest absolute Gasteiger partial charge is 0.343 e. The van der Waals surface area contributed by atoms with Crippen molar-refractivity contribution in [3.8, 4) is 6.07 Å². The van der Waals surface area contributed by atoms with E-state index in [1.807, 2.05) is 6.92 Å². The topological polar surface area (TPSA) is 86.5 Å². The monoisotopic (exact) mass is 295 g/mol. The fourth-order valence-electron chi connectivity index (χ4n) is 2.40. The molecule has 20 heavy (non-hydrogen) atoms. The van der Waals surface area contributed by atoms with Crippen molar-refractivity contribution >= 4 is 11.8 Å². The molecule has 1 aliphatic rings. The minimum atomic E-state index is -0.521. The molecule has 0 bridgehead atoms. The third kappa shape index (κ3) is 3.07. The highest BCUT2D eigenvalue weighted by atomic mass is 32.2. The molecule has 6 nitrogen and oxygen atoms in total. The third-order valence-corrected chi connectivity index (χ3v) is 4.66. The molecule has 1 saturated carbocycles. The zero-order chi connectivity index (χ0) is 14.8. The molecule has 2 rings (SSSR count). The molecule has 1 unspecified atom stereocenters. The highest BCUT2D eigenvalue weighted by Crippen LogP contribution is 2.42. The lowest BCUT2D eigenvalue weighted by Gasteiger charge is -2.29. The molecule has 1 atom stereocenters. The van der Waals surface area contributed by atoms with Crippen LogP contribution in [0.1, 0.15) is 33.6 Å². The summed E-state index contributed by atoms with van der Waals surface area (Å²) in [5.74, 6) is 1.01. The number of H-pyrrole nitrogens is 1. The quantitative estimate of drug-likeness (QED) is 0.742. The Morgan fingerprint density at radius 1 is 1.65 bits per heavy atom. The van der Waals surface area contributed by atoms with Crippen LogP contribution in [-0.2, 0) is 6.54 Å². The van der Waals surface area contributed by atoms with E-state index in [2.05, 4.69) is 35.4 Å². The fraction of sp³-hybridized carbons (Fsp3) is 0.769. The molecule has 0 radical (unpaired) electrons.